The van der Waals surface area contributed by atoms with Crippen LogP contribution in [-0.4, -0.2) is 4.98 Å². The normalized spacial score (nSPS) is 11.8. The number of fused-ring (bicyclic) bond motifs is 1. The van der Waals surface area contributed by atoms with E-state index in [9.17, 15) is 18.0 Å². The Morgan fingerprint density at radius 3 is 2.43 bits per heavy atom. The van der Waals surface area contributed by atoms with E-state index >= 15 is 0 Å². The lowest BCUT2D eigenvalue weighted by Gasteiger charge is -2.09. The highest BCUT2D eigenvalue weighted by Crippen LogP contribution is 2.31. The summed E-state index contributed by atoms with van der Waals surface area (Å²) in [6.07, 6.45) is -4.41. The van der Waals surface area contributed by atoms with Gasteiger partial charge in [-0.15, -0.1) is 0 Å². The van der Waals surface area contributed by atoms with Gasteiger partial charge in [0.2, 0.25) is 0 Å². The minimum Gasteiger partial charge on any atom is -0.321 e. The van der Waals surface area contributed by atoms with Gasteiger partial charge >= 0.3 is 6.18 Å². The van der Waals surface area contributed by atoms with Crippen LogP contribution in [0.15, 0.2) is 59.4 Å². The fraction of sp³-hybridized carbons (Fsp3) is 0.0625. The van der Waals surface area contributed by atoms with Crippen LogP contribution in [-0.2, 0) is 6.18 Å². The summed E-state index contributed by atoms with van der Waals surface area (Å²) >= 11 is 0. The van der Waals surface area contributed by atoms with Gasteiger partial charge in [0.25, 0.3) is 5.56 Å². The Kier molecular flexibility index (Phi) is 3.05. The summed E-state index contributed by atoms with van der Waals surface area (Å²) in [6.45, 7) is 0. The lowest BCUT2D eigenvalue weighted by atomic mass is 10.0. The summed E-state index contributed by atoms with van der Waals surface area (Å²) in [5.41, 5.74) is -0.369. The first-order valence-electron chi connectivity index (χ1n) is 6.25. The van der Waals surface area contributed by atoms with Gasteiger partial charge in [0.15, 0.2) is 0 Å². The van der Waals surface area contributed by atoms with Crippen LogP contribution < -0.4 is 5.56 Å². The molecule has 21 heavy (non-hydrogen) atoms. The minimum atomic E-state index is -4.41. The number of hydrogen-bond acceptors (Lipinski definition) is 1. The maximum absolute atomic E-state index is 12.7. The highest BCUT2D eigenvalue weighted by Gasteiger charge is 2.30. The van der Waals surface area contributed by atoms with Gasteiger partial charge in [0.05, 0.1) is 5.56 Å². The summed E-state index contributed by atoms with van der Waals surface area (Å²) in [4.78, 5) is 14.6. The van der Waals surface area contributed by atoms with E-state index in [0.29, 0.717) is 22.0 Å². The van der Waals surface area contributed by atoms with Crippen LogP contribution in [0, 0.1) is 0 Å². The molecule has 1 heterocycles. The Labute approximate surface area is 117 Å². The van der Waals surface area contributed by atoms with E-state index in [-0.39, 0.29) is 5.56 Å². The SMILES string of the molecule is O=c1[nH]c(-c2cccc(C(F)(F)F)c2)cc2ccccc12. The van der Waals surface area contributed by atoms with Gasteiger partial charge in [-0.1, -0.05) is 30.3 Å². The highest BCUT2D eigenvalue weighted by atomic mass is 19.4. The summed E-state index contributed by atoms with van der Waals surface area (Å²) in [6, 6.07) is 13.5. The third-order valence-corrected chi connectivity index (χ3v) is 3.25. The number of rotatable bonds is 1. The van der Waals surface area contributed by atoms with Crippen LogP contribution in [0.5, 0.6) is 0 Å². The van der Waals surface area contributed by atoms with Crippen molar-refractivity contribution in [3.05, 3.63) is 70.5 Å². The zero-order valence-corrected chi connectivity index (χ0v) is 10.7. The van der Waals surface area contributed by atoms with E-state index in [1.165, 1.54) is 12.1 Å². The molecule has 0 saturated heterocycles. The molecule has 0 fully saturated rings. The third kappa shape index (κ3) is 2.54. The molecule has 2 nitrogen and oxygen atoms in total. The molecule has 0 radical (unpaired) electrons. The molecule has 1 N–H and O–H groups in total. The van der Waals surface area contributed by atoms with Crippen LogP contribution in [0.1, 0.15) is 5.56 Å². The molecule has 0 unspecified atom stereocenters. The number of pyridine rings is 1. The van der Waals surface area contributed by atoms with Crippen molar-refractivity contribution >= 4 is 10.8 Å². The first kappa shape index (κ1) is 13.4. The molecule has 5 heteroatoms. The zero-order valence-electron chi connectivity index (χ0n) is 10.7. The van der Waals surface area contributed by atoms with Crippen molar-refractivity contribution in [3.63, 3.8) is 0 Å². The predicted octanol–water partition coefficient (Wildman–Crippen LogP) is 4.21. The second-order valence-electron chi connectivity index (χ2n) is 4.68. The van der Waals surface area contributed by atoms with Crippen LogP contribution in [0.2, 0.25) is 0 Å². The van der Waals surface area contributed by atoms with Crippen molar-refractivity contribution < 1.29 is 13.2 Å². The fourth-order valence-corrected chi connectivity index (χ4v) is 2.23. The standard InChI is InChI=1S/C16H10F3NO/c17-16(18,19)12-6-3-5-11(8-12)14-9-10-4-1-2-7-13(10)15(21)20-14/h1-9H,(H,20,21). The molecule has 0 aliphatic carbocycles. The lowest BCUT2D eigenvalue weighted by molar-refractivity contribution is -0.137. The molecule has 3 rings (SSSR count). The van der Waals surface area contributed by atoms with E-state index in [1.807, 2.05) is 0 Å². The quantitative estimate of drug-likeness (QED) is 0.715. The number of alkyl halides is 3. The number of aromatic nitrogens is 1. The van der Waals surface area contributed by atoms with E-state index < -0.39 is 11.7 Å². The molecule has 0 atom stereocenters. The summed E-state index contributed by atoms with van der Waals surface area (Å²) in [7, 11) is 0. The molecule has 3 aromatic rings. The molecule has 106 valence electrons. The summed E-state index contributed by atoms with van der Waals surface area (Å²) in [5, 5.41) is 1.20. The van der Waals surface area contributed by atoms with E-state index in [4.69, 9.17) is 0 Å². The van der Waals surface area contributed by atoms with Crippen molar-refractivity contribution in [2.75, 3.05) is 0 Å². The van der Waals surface area contributed by atoms with Gasteiger partial charge in [-0.05, 0) is 35.2 Å². The van der Waals surface area contributed by atoms with Gasteiger partial charge in [-0.25, -0.2) is 0 Å². The number of benzene rings is 2. The molecule has 0 aliphatic heterocycles. The van der Waals surface area contributed by atoms with Gasteiger partial charge in [0.1, 0.15) is 0 Å². The molecule has 2 aromatic carbocycles. The zero-order chi connectivity index (χ0) is 15.0. The third-order valence-electron chi connectivity index (χ3n) is 3.25. The molecule has 1 aromatic heterocycles. The van der Waals surface area contributed by atoms with Gasteiger partial charge in [0, 0.05) is 11.1 Å². The monoisotopic (exact) mass is 289 g/mol. The van der Waals surface area contributed by atoms with Crippen molar-refractivity contribution in [1.29, 1.82) is 0 Å². The number of hydrogen-bond donors (Lipinski definition) is 1. The van der Waals surface area contributed by atoms with Gasteiger partial charge < -0.3 is 4.98 Å². The smallest absolute Gasteiger partial charge is 0.321 e. The molecular weight excluding hydrogens is 279 g/mol. The summed E-state index contributed by atoms with van der Waals surface area (Å²) < 4.78 is 38.2. The van der Waals surface area contributed by atoms with Gasteiger partial charge in [-0.3, -0.25) is 4.79 Å². The average molecular weight is 289 g/mol. The highest BCUT2D eigenvalue weighted by molar-refractivity contribution is 5.85. The van der Waals surface area contributed by atoms with Crippen LogP contribution in [0.25, 0.3) is 22.0 Å². The predicted molar refractivity (Wildman–Crippen MR) is 75.0 cm³/mol. The number of H-pyrrole nitrogens is 1. The first-order chi connectivity index (χ1) is 9.95. The van der Waals surface area contributed by atoms with Crippen molar-refractivity contribution in [1.82, 2.24) is 4.98 Å². The maximum Gasteiger partial charge on any atom is 0.416 e. The maximum atomic E-state index is 12.7. The number of halogens is 3. The van der Waals surface area contributed by atoms with E-state index in [1.54, 1.807) is 30.3 Å². The Hall–Kier alpha value is -2.56. The van der Waals surface area contributed by atoms with Crippen LogP contribution >= 0.6 is 0 Å². The molecule has 0 amide bonds. The van der Waals surface area contributed by atoms with Crippen LogP contribution in [0.3, 0.4) is 0 Å². The number of aromatic amines is 1. The number of nitrogens with one attached hydrogen (secondary N) is 1. The van der Waals surface area contributed by atoms with Gasteiger partial charge in [-0.2, -0.15) is 13.2 Å². The Bertz CT molecular complexity index is 865. The van der Waals surface area contributed by atoms with E-state index in [0.717, 1.165) is 12.1 Å². The molecule has 0 aliphatic rings. The second-order valence-corrected chi connectivity index (χ2v) is 4.68. The lowest BCUT2D eigenvalue weighted by Crippen LogP contribution is -2.08. The van der Waals surface area contributed by atoms with Crippen molar-refractivity contribution in [2.45, 2.75) is 6.18 Å². The topological polar surface area (TPSA) is 32.9 Å². The van der Waals surface area contributed by atoms with Crippen molar-refractivity contribution in [2.24, 2.45) is 0 Å². The fourth-order valence-electron chi connectivity index (χ4n) is 2.23. The molecular formula is C16H10F3NO. The van der Waals surface area contributed by atoms with Crippen LogP contribution in [0.4, 0.5) is 13.2 Å². The Morgan fingerprint density at radius 2 is 1.67 bits per heavy atom. The Balaban J connectivity index is 2.19. The molecule has 0 bridgehead atoms. The largest absolute Gasteiger partial charge is 0.416 e. The van der Waals surface area contributed by atoms with Crippen molar-refractivity contribution in [3.8, 4) is 11.3 Å². The molecule has 0 saturated carbocycles. The average Bonchev–Trinajstić information content (AvgIpc) is 2.46. The Morgan fingerprint density at radius 1 is 0.905 bits per heavy atom. The molecule has 0 spiro atoms. The minimum absolute atomic E-state index is 0.319. The first-order valence-corrected chi connectivity index (χ1v) is 6.25. The van der Waals surface area contributed by atoms with E-state index in [2.05, 4.69) is 4.98 Å². The second kappa shape index (κ2) is 4.77. The summed E-state index contributed by atoms with van der Waals surface area (Å²) in [5.74, 6) is 0.